The SMILES string of the molecule is NCCCC[C@H](NC(=O)[C@H](Cc1ccccc1)NC(=O)[C@H](CCC(=O)O)NC(=O)[C@H](Cc1ccccc1)NC(=O)[C@H](CCCCN)NC(=O)[C@H](Cc1ccccc1)NC(=O)[C@H](CCC(=O)O)NC(=O)[C@H](Cc1ccccc1)NC(=O)[C@H](CCCCN)NC(=O)[C@@H](N)Cc1ccccc1)C(=O)N[C@@H](Cc1ccccc1)C(=O)N[C@@H](CCC(=O)O)C(N)=O. The Morgan fingerprint density at radius 1 is 0.231 bits per heavy atom. The third-order valence-electron chi connectivity index (χ3n) is 19.8. The van der Waals surface area contributed by atoms with Crippen molar-refractivity contribution in [3.05, 3.63) is 215 Å². The van der Waals surface area contributed by atoms with Crippen molar-refractivity contribution in [3.8, 4) is 0 Å². The summed E-state index contributed by atoms with van der Waals surface area (Å²) in [6.45, 7) is 0.584. The first-order valence-electron chi connectivity index (χ1n) is 40.5. The van der Waals surface area contributed by atoms with E-state index in [0.717, 1.165) is 5.56 Å². The van der Waals surface area contributed by atoms with Crippen LogP contribution in [0.3, 0.4) is 0 Å². The second kappa shape index (κ2) is 52.9. The number of amides is 12. The Labute approximate surface area is 702 Å². The third-order valence-corrected chi connectivity index (χ3v) is 19.8. The molecule has 0 bridgehead atoms. The lowest BCUT2D eigenvalue weighted by Crippen LogP contribution is -2.61. The fourth-order valence-electron chi connectivity index (χ4n) is 13.2. The molecule has 0 radical (unpaired) electrons. The van der Waals surface area contributed by atoms with Crippen LogP contribution in [0.15, 0.2) is 182 Å². The van der Waals surface area contributed by atoms with Gasteiger partial charge in [-0.15, -0.1) is 0 Å². The topological polar surface area (TPSA) is 579 Å². The van der Waals surface area contributed by atoms with Crippen LogP contribution in [0, 0.1) is 0 Å². The first-order valence-corrected chi connectivity index (χ1v) is 40.5. The molecule has 34 nitrogen and oxygen atoms in total. The Balaban J connectivity index is 1.29. The van der Waals surface area contributed by atoms with Crippen molar-refractivity contribution in [1.82, 2.24) is 58.5 Å². The highest BCUT2D eigenvalue weighted by atomic mass is 16.4. The van der Waals surface area contributed by atoms with Gasteiger partial charge in [-0.2, -0.15) is 0 Å². The van der Waals surface area contributed by atoms with Gasteiger partial charge >= 0.3 is 17.9 Å². The zero-order chi connectivity index (χ0) is 88.0. The molecule has 12 atom stereocenters. The lowest BCUT2D eigenvalue weighted by atomic mass is 10.0. The summed E-state index contributed by atoms with van der Waals surface area (Å²) in [5.74, 6) is -15.3. The van der Waals surface area contributed by atoms with E-state index in [0.29, 0.717) is 53.5 Å². The molecule has 12 amide bonds. The largest absolute Gasteiger partial charge is 0.481 e. The molecular formula is C87H114N16O18. The zero-order valence-corrected chi connectivity index (χ0v) is 67.6. The lowest BCUT2D eigenvalue weighted by Gasteiger charge is -2.29. The average Bonchev–Trinajstić information content (AvgIpc) is 0.813. The average molecular weight is 1670 g/mol. The van der Waals surface area contributed by atoms with Gasteiger partial charge in [0.05, 0.1) is 6.04 Å². The number of hydrogen-bond donors (Lipinski definition) is 19. The summed E-state index contributed by atoms with van der Waals surface area (Å²) < 4.78 is 0. The van der Waals surface area contributed by atoms with Crippen LogP contribution in [0.4, 0.5) is 0 Å². The molecule has 0 aliphatic rings. The molecule has 6 aromatic rings. The molecule has 0 aliphatic heterocycles. The van der Waals surface area contributed by atoms with Gasteiger partial charge in [-0.1, -0.05) is 182 Å². The Bertz CT molecular complexity index is 4330. The molecule has 0 heterocycles. The maximum absolute atomic E-state index is 15.1. The summed E-state index contributed by atoms with van der Waals surface area (Å²) >= 11 is 0. The van der Waals surface area contributed by atoms with Gasteiger partial charge in [0.2, 0.25) is 70.9 Å². The second-order valence-electron chi connectivity index (χ2n) is 29.5. The van der Waals surface area contributed by atoms with Crippen molar-refractivity contribution in [2.75, 3.05) is 19.6 Å². The van der Waals surface area contributed by atoms with E-state index in [2.05, 4.69) is 58.5 Å². The van der Waals surface area contributed by atoms with Gasteiger partial charge in [0.1, 0.15) is 66.5 Å². The van der Waals surface area contributed by atoms with Crippen LogP contribution < -0.4 is 87.2 Å². The van der Waals surface area contributed by atoms with Gasteiger partial charge < -0.3 is 102 Å². The number of carboxylic acid groups (broad SMARTS) is 3. The number of unbranched alkanes of at least 4 members (excludes halogenated alkanes) is 3. The minimum atomic E-state index is -1.77. The fourth-order valence-corrected chi connectivity index (χ4v) is 13.2. The van der Waals surface area contributed by atoms with E-state index in [9.17, 15) is 72.9 Å². The molecule has 0 saturated heterocycles. The van der Waals surface area contributed by atoms with Gasteiger partial charge in [0, 0.05) is 51.4 Å². The van der Waals surface area contributed by atoms with Crippen LogP contribution in [0.5, 0.6) is 0 Å². The van der Waals surface area contributed by atoms with Gasteiger partial charge in [-0.25, -0.2) is 0 Å². The lowest BCUT2D eigenvalue weighted by molar-refractivity contribution is -0.139. The highest BCUT2D eigenvalue weighted by Gasteiger charge is 2.38. The van der Waals surface area contributed by atoms with Crippen molar-refractivity contribution in [2.45, 2.75) is 207 Å². The molecule has 121 heavy (non-hydrogen) atoms. The van der Waals surface area contributed by atoms with Gasteiger partial charge in [-0.05, 0) is 136 Å². The van der Waals surface area contributed by atoms with Gasteiger partial charge in [-0.3, -0.25) is 71.9 Å². The zero-order valence-electron chi connectivity index (χ0n) is 67.6. The molecule has 0 fully saturated rings. The number of aliphatic carboxylic acids is 3. The quantitative estimate of drug-likeness (QED) is 0.0232. The summed E-state index contributed by atoms with van der Waals surface area (Å²) in [4.78, 5) is 211. The molecule has 24 N–H and O–H groups in total. The number of nitrogens with one attached hydrogen (secondary N) is 11. The highest BCUT2D eigenvalue weighted by molar-refractivity contribution is 6.00. The van der Waals surface area contributed by atoms with Crippen molar-refractivity contribution in [1.29, 1.82) is 0 Å². The normalized spacial score (nSPS) is 14.0. The first kappa shape index (κ1) is 97.0. The van der Waals surface area contributed by atoms with E-state index in [-0.39, 0.29) is 96.7 Å². The molecule has 0 unspecified atom stereocenters. The van der Waals surface area contributed by atoms with Crippen LogP contribution in [0.1, 0.15) is 130 Å². The maximum atomic E-state index is 15.1. The second-order valence-corrected chi connectivity index (χ2v) is 29.5. The van der Waals surface area contributed by atoms with Gasteiger partial charge in [0.15, 0.2) is 0 Å². The summed E-state index contributed by atoms with van der Waals surface area (Å²) in [5.41, 5.74) is 32.8. The fraction of sp³-hybridized carbons (Fsp3) is 0.414. The molecule has 650 valence electrons. The number of primary amides is 1. The first-order chi connectivity index (χ1) is 58.1. The van der Waals surface area contributed by atoms with E-state index in [4.69, 9.17) is 28.7 Å². The Kier molecular flexibility index (Phi) is 42.4. The number of carbonyl (C=O) groups is 15. The van der Waals surface area contributed by atoms with E-state index in [1.807, 2.05) is 6.07 Å². The standard InChI is InChI=1S/C87H114N16O18/c88-46-22-19-37-63(94-77(111)61(91)49-55-25-7-1-8-26-55)78(112)100-71(53-59-33-15-5-16-34-59)86(120)97-66(41-44-74(106)107)81(115)103-70(52-58-31-13-4-14-32-58)85(119)96-65(39-21-24-48-90)80(114)101-72(54-60-35-17-6-18-36-60)87(121)98-67(42-45-75(108)109)82(116)102-69(51-57-29-11-3-12-30-57)84(118)95-64(38-20-23-47-89)79(113)99-68(50-56-27-9-2-10-28-56)83(117)93-62(76(92)110)40-43-73(104)105/h1-18,25-36,61-72H,19-24,37-54,88-91H2,(H2,92,110)(H,93,117)(H,94,111)(H,95,118)(H,96,119)(H,97,120)(H,98,121)(H,99,113)(H,100,112)(H,101,114)(H,102,116)(H,103,115)(H,104,105)(H,106,107)(H,108,109)/t61-,62-,63-,64-,65-,66-,67-,68-,69-,70-,71-,72-/m0/s1. The summed E-state index contributed by atoms with van der Waals surface area (Å²) in [6.07, 6.45) is -2.60. The van der Waals surface area contributed by atoms with Crippen LogP contribution >= 0.6 is 0 Å². The van der Waals surface area contributed by atoms with Crippen LogP contribution in [0.25, 0.3) is 0 Å². The maximum Gasteiger partial charge on any atom is 0.303 e. The summed E-state index contributed by atoms with van der Waals surface area (Å²) in [7, 11) is 0. The van der Waals surface area contributed by atoms with E-state index < -0.39 is 193 Å². The predicted octanol–water partition coefficient (Wildman–Crippen LogP) is 0.569. The molecule has 0 aromatic heterocycles. The third kappa shape index (κ3) is 36.1. The minimum absolute atomic E-state index is 0.0761. The number of nitrogens with two attached hydrogens (primary N) is 5. The van der Waals surface area contributed by atoms with Crippen molar-refractivity contribution < 1.29 is 87.2 Å². The summed E-state index contributed by atoms with van der Waals surface area (Å²) in [6, 6.07) is 32.8. The Morgan fingerprint density at radius 3 is 0.612 bits per heavy atom. The number of benzene rings is 6. The molecule has 0 saturated carbocycles. The molecule has 6 rings (SSSR count). The number of hydrogen-bond acceptors (Lipinski definition) is 19. The van der Waals surface area contributed by atoms with Crippen molar-refractivity contribution in [3.63, 3.8) is 0 Å². The number of carbonyl (C=O) groups excluding carboxylic acids is 12. The number of carboxylic acids is 3. The predicted molar refractivity (Wildman–Crippen MR) is 449 cm³/mol. The molecular weight excluding hydrogens is 1560 g/mol. The molecule has 6 aromatic carbocycles. The smallest absolute Gasteiger partial charge is 0.303 e. The Hall–Kier alpha value is -12.8. The van der Waals surface area contributed by atoms with E-state index in [1.54, 1.807) is 176 Å². The van der Waals surface area contributed by atoms with Crippen LogP contribution in [-0.2, 0) is 110 Å². The van der Waals surface area contributed by atoms with Crippen molar-refractivity contribution in [2.24, 2.45) is 28.7 Å². The molecule has 0 aliphatic carbocycles. The Morgan fingerprint density at radius 2 is 0.405 bits per heavy atom. The van der Waals surface area contributed by atoms with Crippen LogP contribution in [-0.4, -0.2) is 196 Å². The molecule has 34 heteroatoms. The van der Waals surface area contributed by atoms with Gasteiger partial charge in [0.25, 0.3) is 0 Å². The summed E-state index contributed by atoms with van der Waals surface area (Å²) in [5, 5.41) is 58.7. The highest BCUT2D eigenvalue weighted by Crippen LogP contribution is 2.17. The van der Waals surface area contributed by atoms with E-state index in [1.165, 1.54) is 0 Å². The number of rotatable bonds is 56. The van der Waals surface area contributed by atoms with E-state index >= 15 is 14.4 Å². The minimum Gasteiger partial charge on any atom is -0.481 e. The molecule has 0 spiro atoms. The van der Waals surface area contributed by atoms with Crippen LogP contribution in [0.2, 0.25) is 0 Å². The van der Waals surface area contributed by atoms with Crippen molar-refractivity contribution >= 4 is 88.8 Å². The monoisotopic (exact) mass is 1670 g/mol.